The highest BCUT2D eigenvalue weighted by Crippen LogP contribution is 2.19. The minimum absolute atomic E-state index is 0.0297. The molecule has 1 aromatic heterocycles. The molecule has 0 bridgehead atoms. The fourth-order valence-corrected chi connectivity index (χ4v) is 1.73. The van der Waals surface area contributed by atoms with Crippen molar-refractivity contribution in [3.8, 4) is 6.07 Å². The van der Waals surface area contributed by atoms with Crippen LogP contribution in [0.4, 0.5) is 5.69 Å². The first-order chi connectivity index (χ1) is 9.60. The monoisotopic (exact) mass is 287 g/mol. The third-order valence-corrected chi connectivity index (χ3v) is 2.78. The van der Waals surface area contributed by atoms with Crippen molar-refractivity contribution in [2.45, 2.75) is 6.61 Å². The molecule has 0 aliphatic rings. The Kier molecular flexibility index (Phi) is 4.18. The number of anilines is 1. The van der Waals surface area contributed by atoms with Crippen LogP contribution >= 0.6 is 11.6 Å². The van der Waals surface area contributed by atoms with Gasteiger partial charge in [0.15, 0.2) is 0 Å². The number of hydrogen-bond acceptors (Lipinski definition) is 5. The molecule has 1 aromatic carbocycles. The molecular formula is C14H10ClN3O2. The van der Waals surface area contributed by atoms with E-state index in [-0.39, 0.29) is 17.9 Å². The summed E-state index contributed by atoms with van der Waals surface area (Å²) in [5.74, 6) is -0.569. The molecule has 6 heteroatoms. The van der Waals surface area contributed by atoms with Gasteiger partial charge < -0.3 is 10.5 Å². The van der Waals surface area contributed by atoms with Gasteiger partial charge >= 0.3 is 5.97 Å². The zero-order chi connectivity index (χ0) is 14.5. The molecule has 0 saturated heterocycles. The van der Waals surface area contributed by atoms with Gasteiger partial charge in [0.1, 0.15) is 18.4 Å². The number of pyridine rings is 1. The summed E-state index contributed by atoms with van der Waals surface area (Å²) in [5.41, 5.74) is 7.14. The van der Waals surface area contributed by atoms with Gasteiger partial charge in [0.25, 0.3) is 0 Å². The molecule has 2 N–H and O–H groups in total. The first kappa shape index (κ1) is 13.8. The van der Waals surface area contributed by atoms with Crippen molar-refractivity contribution < 1.29 is 9.53 Å². The van der Waals surface area contributed by atoms with Gasteiger partial charge in [0, 0.05) is 16.9 Å². The van der Waals surface area contributed by atoms with E-state index in [1.165, 1.54) is 12.3 Å². The highest BCUT2D eigenvalue weighted by atomic mass is 35.5. The summed E-state index contributed by atoms with van der Waals surface area (Å²) in [6.07, 6.45) is 1.48. The first-order valence-electron chi connectivity index (χ1n) is 5.67. The number of nitrogen functional groups attached to an aromatic ring is 1. The maximum Gasteiger partial charge on any atom is 0.340 e. The van der Waals surface area contributed by atoms with Gasteiger partial charge in [-0.3, -0.25) is 0 Å². The van der Waals surface area contributed by atoms with Crippen molar-refractivity contribution in [3.63, 3.8) is 0 Å². The van der Waals surface area contributed by atoms with Gasteiger partial charge in [-0.15, -0.1) is 0 Å². The SMILES string of the molecule is N#Cc1cc(COC(=O)c2cc(Cl)ccc2N)ccn1. The molecule has 0 amide bonds. The highest BCUT2D eigenvalue weighted by molar-refractivity contribution is 6.31. The van der Waals surface area contributed by atoms with Gasteiger partial charge in [0.2, 0.25) is 0 Å². The normalized spacial score (nSPS) is 9.80. The predicted octanol–water partition coefficient (Wildman–Crippen LogP) is 2.55. The molecule has 5 nitrogen and oxygen atoms in total. The summed E-state index contributed by atoms with van der Waals surface area (Å²) >= 11 is 5.81. The second kappa shape index (κ2) is 6.04. The van der Waals surface area contributed by atoms with E-state index in [4.69, 9.17) is 27.3 Å². The van der Waals surface area contributed by atoms with Crippen LogP contribution in [0.15, 0.2) is 36.5 Å². The molecule has 0 spiro atoms. The Labute approximate surface area is 120 Å². The third kappa shape index (κ3) is 3.25. The van der Waals surface area contributed by atoms with E-state index < -0.39 is 5.97 Å². The van der Waals surface area contributed by atoms with Gasteiger partial charge in [-0.05, 0) is 35.9 Å². The lowest BCUT2D eigenvalue weighted by Gasteiger charge is -2.07. The van der Waals surface area contributed by atoms with Crippen molar-refractivity contribution in [2.24, 2.45) is 0 Å². The third-order valence-electron chi connectivity index (χ3n) is 2.54. The number of hydrogen-bond donors (Lipinski definition) is 1. The number of benzene rings is 1. The van der Waals surface area contributed by atoms with Crippen molar-refractivity contribution in [2.75, 3.05) is 5.73 Å². The van der Waals surface area contributed by atoms with Crippen LogP contribution in [0.1, 0.15) is 21.6 Å². The molecule has 100 valence electrons. The molecule has 2 rings (SSSR count). The second-order valence-corrected chi connectivity index (χ2v) is 4.41. The van der Waals surface area contributed by atoms with Crippen LogP contribution in [0.2, 0.25) is 5.02 Å². The van der Waals surface area contributed by atoms with Gasteiger partial charge in [0.05, 0.1) is 5.56 Å². The number of nitrogens with two attached hydrogens (primary N) is 1. The summed E-state index contributed by atoms with van der Waals surface area (Å²) in [6.45, 7) is 0.0297. The highest BCUT2D eigenvalue weighted by Gasteiger charge is 2.12. The van der Waals surface area contributed by atoms with Crippen LogP contribution < -0.4 is 5.73 Å². The van der Waals surface area contributed by atoms with Gasteiger partial charge in [-0.2, -0.15) is 5.26 Å². The summed E-state index contributed by atoms with van der Waals surface area (Å²) in [6, 6.07) is 9.71. The van der Waals surface area contributed by atoms with Crippen molar-refractivity contribution >= 4 is 23.3 Å². The lowest BCUT2D eigenvalue weighted by atomic mass is 10.2. The minimum atomic E-state index is -0.569. The fraction of sp³-hybridized carbons (Fsp3) is 0.0714. The van der Waals surface area contributed by atoms with E-state index in [9.17, 15) is 4.79 Å². The molecular weight excluding hydrogens is 278 g/mol. The van der Waals surface area contributed by atoms with Crippen LogP contribution in [0.3, 0.4) is 0 Å². The summed E-state index contributed by atoms with van der Waals surface area (Å²) in [7, 11) is 0. The standard InChI is InChI=1S/C14H10ClN3O2/c15-10-1-2-13(17)12(6-10)14(19)20-8-9-3-4-18-11(5-9)7-16/h1-6H,8,17H2. The van der Waals surface area contributed by atoms with E-state index in [1.807, 2.05) is 6.07 Å². The molecule has 0 atom stereocenters. The number of nitriles is 1. The minimum Gasteiger partial charge on any atom is -0.457 e. The molecule has 0 fully saturated rings. The summed E-state index contributed by atoms with van der Waals surface area (Å²) < 4.78 is 5.13. The molecule has 1 heterocycles. The molecule has 0 aliphatic carbocycles. The predicted molar refractivity (Wildman–Crippen MR) is 73.9 cm³/mol. The topological polar surface area (TPSA) is 89.0 Å². The smallest absolute Gasteiger partial charge is 0.340 e. The molecule has 0 saturated carbocycles. The van der Waals surface area contributed by atoms with Crippen molar-refractivity contribution in [1.82, 2.24) is 4.98 Å². The number of halogens is 1. The Balaban J connectivity index is 2.09. The van der Waals surface area contributed by atoms with E-state index in [0.717, 1.165) is 0 Å². The molecule has 0 aliphatic heterocycles. The van der Waals surface area contributed by atoms with Crippen molar-refractivity contribution in [3.05, 3.63) is 58.4 Å². The van der Waals surface area contributed by atoms with Crippen LogP contribution in [0, 0.1) is 11.3 Å². The van der Waals surface area contributed by atoms with E-state index in [2.05, 4.69) is 4.98 Å². The molecule has 20 heavy (non-hydrogen) atoms. The second-order valence-electron chi connectivity index (χ2n) is 3.97. The maximum atomic E-state index is 11.9. The van der Waals surface area contributed by atoms with E-state index in [1.54, 1.807) is 24.3 Å². The Morgan fingerprint density at radius 1 is 1.40 bits per heavy atom. The summed E-state index contributed by atoms with van der Waals surface area (Å²) in [4.78, 5) is 15.7. The van der Waals surface area contributed by atoms with Crippen LogP contribution in [-0.2, 0) is 11.3 Å². The summed E-state index contributed by atoms with van der Waals surface area (Å²) in [5, 5.41) is 9.14. The molecule has 2 aromatic rings. The number of nitrogens with zero attached hydrogens (tertiary/aromatic N) is 2. The number of rotatable bonds is 3. The number of carbonyl (C=O) groups is 1. The average Bonchev–Trinajstić information content (AvgIpc) is 2.47. The number of esters is 1. The lowest BCUT2D eigenvalue weighted by Crippen LogP contribution is -2.08. The number of carbonyl (C=O) groups excluding carboxylic acids is 1. The Hall–Kier alpha value is -2.58. The number of ether oxygens (including phenoxy) is 1. The lowest BCUT2D eigenvalue weighted by molar-refractivity contribution is 0.0474. The van der Waals surface area contributed by atoms with E-state index in [0.29, 0.717) is 16.3 Å². The molecule has 0 unspecified atom stereocenters. The maximum absolute atomic E-state index is 11.9. The molecule has 0 radical (unpaired) electrons. The van der Waals surface area contributed by atoms with E-state index >= 15 is 0 Å². The van der Waals surface area contributed by atoms with Crippen molar-refractivity contribution in [1.29, 1.82) is 5.26 Å². The first-order valence-corrected chi connectivity index (χ1v) is 6.05. The van der Waals surface area contributed by atoms with Gasteiger partial charge in [-0.25, -0.2) is 9.78 Å². The van der Waals surface area contributed by atoms with Crippen LogP contribution in [-0.4, -0.2) is 11.0 Å². The van der Waals surface area contributed by atoms with Gasteiger partial charge in [-0.1, -0.05) is 11.6 Å². The average molecular weight is 288 g/mol. The zero-order valence-corrected chi connectivity index (χ0v) is 11.1. The fourth-order valence-electron chi connectivity index (χ4n) is 1.56. The Morgan fingerprint density at radius 2 is 2.20 bits per heavy atom. The zero-order valence-electron chi connectivity index (χ0n) is 10.3. The Bertz CT molecular complexity index is 695. The van der Waals surface area contributed by atoms with Crippen LogP contribution in [0.25, 0.3) is 0 Å². The van der Waals surface area contributed by atoms with Crippen LogP contribution in [0.5, 0.6) is 0 Å². The largest absolute Gasteiger partial charge is 0.457 e. The quantitative estimate of drug-likeness (QED) is 0.692. The number of aromatic nitrogens is 1. The Morgan fingerprint density at radius 3 is 2.95 bits per heavy atom.